The normalized spacial score (nSPS) is 13.8. The lowest BCUT2D eigenvalue weighted by molar-refractivity contribution is -0.155. The second-order valence-electron chi connectivity index (χ2n) is 14.9. The number of amides is 3. The van der Waals surface area contributed by atoms with Gasteiger partial charge < -0.3 is 20.2 Å². The van der Waals surface area contributed by atoms with Crippen molar-refractivity contribution in [3.05, 3.63) is 148 Å². The van der Waals surface area contributed by atoms with E-state index in [1.807, 2.05) is 83.0 Å². The van der Waals surface area contributed by atoms with Crippen molar-refractivity contribution in [3.63, 3.8) is 0 Å². The predicted molar refractivity (Wildman–Crippen MR) is 220 cm³/mol. The first-order chi connectivity index (χ1) is 26.5. The molecular formula is C46H50N6O3. The highest BCUT2D eigenvalue weighted by atomic mass is 16.2. The molecule has 0 radical (unpaired) electrons. The van der Waals surface area contributed by atoms with E-state index in [9.17, 15) is 14.4 Å². The third kappa shape index (κ3) is 8.27. The Morgan fingerprint density at radius 1 is 0.800 bits per heavy atom. The minimum atomic E-state index is -0.312. The molecule has 6 aromatic rings. The minimum Gasteiger partial charge on any atom is -0.361 e. The topological polar surface area (TPSA) is 105 Å². The number of nitrogens with one attached hydrogen (secondary N) is 3. The summed E-state index contributed by atoms with van der Waals surface area (Å²) in [5.74, 6) is -0.214. The number of hydrazine groups is 1. The average molecular weight is 735 g/mol. The van der Waals surface area contributed by atoms with Crippen molar-refractivity contribution in [1.29, 1.82) is 0 Å². The summed E-state index contributed by atoms with van der Waals surface area (Å²) in [5.41, 5.74) is 11.7. The SMILES string of the molecule is CC(=O)N(Cc1cc(C)c(C)c(C)c1)C[C@@H](Cc1c[nH]c2ccccc12)N(C(C)=O)N1CC=C(c2c[nH]c3ccc(C(=O)NCc4ccccc4)cc23)CC1. The van der Waals surface area contributed by atoms with E-state index in [2.05, 4.69) is 71.4 Å². The molecule has 9 heteroatoms. The number of hydrogen-bond donors (Lipinski definition) is 3. The van der Waals surface area contributed by atoms with Crippen LogP contribution >= 0.6 is 0 Å². The van der Waals surface area contributed by atoms with E-state index in [0.717, 1.165) is 49.6 Å². The molecule has 55 heavy (non-hydrogen) atoms. The summed E-state index contributed by atoms with van der Waals surface area (Å²) in [6.45, 7) is 12.0. The van der Waals surface area contributed by atoms with E-state index < -0.39 is 0 Å². The van der Waals surface area contributed by atoms with Crippen molar-refractivity contribution in [2.45, 2.75) is 66.6 Å². The fraction of sp³-hybridized carbons (Fsp3) is 0.283. The lowest BCUT2D eigenvalue weighted by atomic mass is 9.98. The zero-order valence-electron chi connectivity index (χ0n) is 32.4. The number of nitrogens with zero attached hydrogens (tertiary/aromatic N) is 3. The maximum Gasteiger partial charge on any atom is 0.251 e. The van der Waals surface area contributed by atoms with Gasteiger partial charge in [0, 0.05) is 91.9 Å². The lowest BCUT2D eigenvalue weighted by Crippen LogP contribution is -2.57. The molecular weight excluding hydrogens is 685 g/mol. The van der Waals surface area contributed by atoms with E-state index in [1.165, 1.54) is 16.7 Å². The molecule has 1 aliphatic heterocycles. The summed E-state index contributed by atoms with van der Waals surface area (Å²) in [7, 11) is 0. The van der Waals surface area contributed by atoms with Gasteiger partial charge in [0.25, 0.3) is 5.91 Å². The smallest absolute Gasteiger partial charge is 0.251 e. The van der Waals surface area contributed by atoms with E-state index >= 15 is 0 Å². The van der Waals surface area contributed by atoms with Crippen LogP contribution in [0.1, 0.15) is 69.6 Å². The molecule has 0 aliphatic carbocycles. The largest absolute Gasteiger partial charge is 0.361 e. The van der Waals surface area contributed by atoms with Gasteiger partial charge in [-0.3, -0.25) is 19.4 Å². The van der Waals surface area contributed by atoms with Crippen LogP contribution in [0.2, 0.25) is 0 Å². The predicted octanol–water partition coefficient (Wildman–Crippen LogP) is 8.02. The van der Waals surface area contributed by atoms with Gasteiger partial charge >= 0.3 is 0 Å². The van der Waals surface area contributed by atoms with Crippen molar-refractivity contribution in [1.82, 2.24) is 30.2 Å². The quantitative estimate of drug-likeness (QED) is 0.119. The van der Waals surface area contributed by atoms with Crippen molar-refractivity contribution in [2.75, 3.05) is 19.6 Å². The monoisotopic (exact) mass is 734 g/mol. The second kappa shape index (κ2) is 16.2. The first-order valence-corrected chi connectivity index (χ1v) is 19.1. The first kappa shape index (κ1) is 37.4. The molecule has 3 N–H and O–H groups in total. The van der Waals surface area contributed by atoms with Crippen LogP contribution in [0.4, 0.5) is 0 Å². The van der Waals surface area contributed by atoms with Crippen LogP contribution in [0.5, 0.6) is 0 Å². The Balaban J connectivity index is 1.15. The number of carbonyl (C=O) groups is 3. The van der Waals surface area contributed by atoms with Crippen molar-refractivity contribution in [2.24, 2.45) is 0 Å². The highest BCUT2D eigenvalue weighted by Gasteiger charge is 2.32. The van der Waals surface area contributed by atoms with Gasteiger partial charge in [0.1, 0.15) is 0 Å². The fourth-order valence-electron chi connectivity index (χ4n) is 7.97. The van der Waals surface area contributed by atoms with Crippen LogP contribution in [0, 0.1) is 20.8 Å². The van der Waals surface area contributed by atoms with Crippen molar-refractivity contribution >= 4 is 45.1 Å². The molecule has 2 aromatic heterocycles. The van der Waals surface area contributed by atoms with Gasteiger partial charge in [0.05, 0.1) is 6.04 Å². The van der Waals surface area contributed by atoms with Crippen LogP contribution < -0.4 is 5.32 Å². The van der Waals surface area contributed by atoms with E-state index in [1.54, 1.807) is 13.8 Å². The number of carbonyl (C=O) groups excluding carboxylic acids is 3. The van der Waals surface area contributed by atoms with Gasteiger partial charge in [-0.25, -0.2) is 5.01 Å². The highest BCUT2D eigenvalue weighted by molar-refractivity contribution is 6.01. The van der Waals surface area contributed by atoms with Gasteiger partial charge in [-0.2, -0.15) is 0 Å². The Morgan fingerprint density at radius 2 is 1.51 bits per heavy atom. The maximum atomic E-state index is 13.8. The summed E-state index contributed by atoms with van der Waals surface area (Å²) < 4.78 is 0. The van der Waals surface area contributed by atoms with E-state index in [-0.39, 0.29) is 23.8 Å². The molecule has 4 aromatic carbocycles. The Morgan fingerprint density at radius 3 is 2.22 bits per heavy atom. The Labute approximate surface area is 323 Å². The number of hydrogen-bond acceptors (Lipinski definition) is 4. The first-order valence-electron chi connectivity index (χ1n) is 19.1. The lowest BCUT2D eigenvalue weighted by Gasteiger charge is -2.43. The van der Waals surface area contributed by atoms with Gasteiger partial charge in [0.15, 0.2) is 0 Å². The van der Waals surface area contributed by atoms with Gasteiger partial charge in [0.2, 0.25) is 11.8 Å². The Hall–Kier alpha value is -5.93. The molecule has 9 nitrogen and oxygen atoms in total. The summed E-state index contributed by atoms with van der Waals surface area (Å²) in [6, 6.07) is 27.9. The Bertz CT molecular complexity index is 2370. The number of fused-ring (bicyclic) bond motifs is 2. The van der Waals surface area contributed by atoms with Gasteiger partial charge in [-0.05, 0) is 96.8 Å². The summed E-state index contributed by atoms with van der Waals surface area (Å²) in [5, 5.41) is 9.16. The van der Waals surface area contributed by atoms with Gasteiger partial charge in [-0.1, -0.05) is 66.7 Å². The van der Waals surface area contributed by atoms with Gasteiger partial charge in [-0.15, -0.1) is 0 Å². The summed E-state index contributed by atoms with van der Waals surface area (Å²) in [4.78, 5) is 48.9. The van der Waals surface area contributed by atoms with Crippen LogP contribution in [0.3, 0.4) is 0 Å². The Kier molecular flexibility index (Phi) is 11.0. The van der Waals surface area contributed by atoms with E-state index in [4.69, 9.17) is 0 Å². The fourth-order valence-corrected chi connectivity index (χ4v) is 7.97. The molecule has 1 aliphatic rings. The molecule has 1 atom stereocenters. The van der Waals surface area contributed by atoms with Crippen LogP contribution in [-0.2, 0) is 29.1 Å². The molecule has 282 valence electrons. The summed E-state index contributed by atoms with van der Waals surface area (Å²) in [6.07, 6.45) is 7.51. The van der Waals surface area contributed by atoms with Crippen LogP contribution in [0.15, 0.2) is 103 Å². The standard InChI is InChI=1S/C46H50N6O3/c1-30-21-36(22-31(2)32(30)3)28-50(33(4)53)29-40(23-39-26-47-44-14-10-9-13-41(39)44)52(34(5)54)51-19-17-37(18-20-51)43-27-48-45-16-15-38(24-42(43)45)46(55)49-25-35-11-7-6-8-12-35/h6-17,21-22,24,26-27,40,47-48H,18-20,23,25,28-29H2,1-5H3,(H,49,55)/t40-/m1/s1. The molecule has 3 amide bonds. The number of H-pyrrole nitrogens is 2. The average Bonchev–Trinajstić information content (AvgIpc) is 3.80. The zero-order valence-corrected chi connectivity index (χ0v) is 32.4. The molecule has 0 unspecified atom stereocenters. The summed E-state index contributed by atoms with van der Waals surface area (Å²) >= 11 is 0. The maximum absolute atomic E-state index is 13.8. The number of aromatic amines is 2. The number of para-hydroxylation sites is 1. The second-order valence-corrected chi connectivity index (χ2v) is 14.9. The molecule has 7 rings (SSSR count). The zero-order chi connectivity index (χ0) is 38.6. The molecule has 0 spiro atoms. The van der Waals surface area contributed by atoms with Crippen molar-refractivity contribution in [3.8, 4) is 0 Å². The molecule has 0 fully saturated rings. The number of rotatable bonds is 12. The van der Waals surface area contributed by atoms with E-state index in [0.29, 0.717) is 51.1 Å². The minimum absolute atomic E-state index is 0.0309. The molecule has 0 saturated heterocycles. The van der Waals surface area contributed by atoms with Crippen molar-refractivity contribution < 1.29 is 14.4 Å². The highest BCUT2D eigenvalue weighted by Crippen LogP contribution is 2.32. The molecule has 0 saturated carbocycles. The van der Waals surface area contributed by atoms with Crippen LogP contribution in [-0.4, -0.2) is 68.3 Å². The number of aryl methyl sites for hydroxylation is 2. The molecule has 3 heterocycles. The number of aromatic nitrogens is 2. The third-order valence-corrected chi connectivity index (χ3v) is 11.1. The molecule has 0 bridgehead atoms. The third-order valence-electron chi connectivity index (χ3n) is 11.1. The number of benzene rings is 4. The van der Waals surface area contributed by atoms with Crippen LogP contribution in [0.25, 0.3) is 27.4 Å².